The van der Waals surface area contributed by atoms with E-state index >= 15 is 0 Å². The summed E-state index contributed by atoms with van der Waals surface area (Å²) in [7, 11) is 1.45. The molecule has 2 aromatic carbocycles. The van der Waals surface area contributed by atoms with Gasteiger partial charge in [0.15, 0.2) is 11.5 Å². The fourth-order valence-corrected chi connectivity index (χ4v) is 13.9. The fourth-order valence-electron chi connectivity index (χ4n) is 13.9. The molecule has 3 aromatic rings. The smallest absolute Gasteiger partial charge is 0.201 e. The number of phenols is 2. The highest BCUT2D eigenvalue weighted by atomic mass is 16.5. The van der Waals surface area contributed by atoms with E-state index in [9.17, 15) is 30.6 Å². The minimum Gasteiger partial charge on any atom is -0.504 e. The number of nitrogens with one attached hydrogen (secondary N) is 2. The molecular weight excluding hydrogens is 825 g/mol. The van der Waals surface area contributed by atoms with E-state index in [1.807, 2.05) is 25.4 Å². The number of aliphatic hydroxyl groups excluding tert-OH is 3. The monoisotopic (exact) mass is 901 g/mol. The molecule has 0 amide bonds. The summed E-state index contributed by atoms with van der Waals surface area (Å²) in [4.78, 5) is 3.09. The number of methoxy groups -OCH3 is 1. The van der Waals surface area contributed by atoms with E-state index in [1.165, 1.54) is 18.2 Å². The second-order valence-corrected chi connectivity index (χ2v) is 20.9. The molecule has 12 heteroatoms. The van der Waals surface area contributed by atoms with Gasteiger partial charge < -0.3 is 59.9 Å². The first-order valence-corrected chi connectivity index (χ1v) is 25.3. The van der Waals surface area contributed by atoms with E-state index in [-0.39, 0.29) is 41.1 Å². The molecule has 0 radical (unpaired) electrons. The average Bonchev–Trinajstić information content (AvgIpc) is 3.98. The molecule has 12 nitrogen and oxygen atoms in total. The van der Waals surface area contributed by atoms with Gasteiger partial charge in [0, 0.05) is 61.5 Å². The van der Waals surface area contributed by atoms with Crippen LogP contribution < -0.4 is 14.8 Å². The number of fused-ring (bicyclic) bond motifs is 8. The van der Waals surface area contributed by atoms with Crippen molar-refractivity contribution in [3.05, 3.63) is 70.0 Å². The van der Waals surface area contributed by atoms with Crippen molar-refractivity contribution >= 4 is 0 Å². The third-order valence-corrected chi connectivity index (χ3v) is 17.2. The topological polar surface area (TPSA) is 186 Å². The average molecular weight is 901 g/mol. The Balaban J connectivity index is 1.02. The van der Waals surface area contributed by atoms with Gasteiger partial charge in [-0.2, -0.15) is 0 Å². The fraction of sp³-hybridized carbons (Fsp3) is 0.698. The summed E-state index contributed by atoms with van der Waals surface area (Å²) >= 11 is 0. The van der Waals surface area contributed by atoms with E-state index in [0.29, 0.717) is 73.6 Å². The molecule has 0 unspecified atom stereocenters. The Morgan fingerprint density at radius 3 is 2.51 bits per heavy atom. The molecule has 4 aliphatic carbocycles. The van der Waals surface area contributed by atoms with E-state index in [1.54, 1.807) is 0 Å². The molecule has 9 rings (SSSR count). The highest BCUT2D eigenvalue weighted by molar-refractivity contribution is 5.64. The van der Waals surface area contributed by atoms with Gasteiger partial charge in [-0.1, -0.05) is 12.1 Å². The van der Waals surface area contributed by atoms with Crippen molar-refractivity contribution in [3.8, 4) is 23.0 Å². The number of aliphatic hydroxyl groups is 4. The van der Waals surface area contributed by atoms with Crippen LogP contribution in [0.5, 0.6) is 23.0 Å². The maximum absolute atomic E-state index is 12.3. The molecule has 6 aliphatic rings. The second kappa shape index (κ2) is 20.5. The van der Waals surface area contributed by atoms with E-state index in [0.717, 1.165) is 108 Å². The van der Waals surface area contributed by atoms with Crippen LogP contribution in [0.15, 0.2) is 36.7 Å². The molecule has 5 fully saturated rings. The minimum absolute atomic E-state index is 0.0656. The Labute approximate surface area is 385 Å². The molecule has 4 saturated carbocycles. The van der Waals surface area contributed by atoms with Crippen LogP contribution in [0.1, 0.15) is 161 Å². The molecule has 65 heavy (non-hydrogen) atoms. The van der Waals surface area contributed by atoms with Crippen LogP contribution in [-0.2, 0) is 22.5 Å². The highest BCUT2D eigenvalue weighted by Crippen LogP contribution is 2.57. The lowest BCUT2D eigenvalue weighted by atomic mass is 9.57. The van der Waals surface area contributed by atoms with Gasteiger partial charge in [0.05, 0.1) is 50.3 Å². The Kier molecular flexibility index (Phi) is 14.7. The number of hydrogen-bond donors (Lipinski definition) is 8. The first-order chi connectivity index (χ1) is 31.6. The predicted molar refractivity (Wildman–Crippen MR) is 247 cm³/mol. The third kappa shape index (κ3) is 9.83. The molecule has 1 saturated heterocycles. The van der Waals surface area contributed by atoms with Crippen molar-refractivity contribution < 1.29 is 49.6 Å². The molecule has 358 valence electrons. The van der Waals surface area contributed by atoms with Crippen molar-refractivity contribution in [1.29, 1.82) is 0 Å². The van der Waals surface area contributed by atoms with Crippen LogP contribution in [0.3, 0.4) is 0 Å². The molecule has 1 aromatic heterocycles. The Morgan fingerprint density at radius 1 is 0.877 bits per heavy atom. The number of ether oxygens (including phenoxy) is 4. The molecule has 13 atom stereocenters. The van der Waals surface area contributed by atoms with Gasteiger partial charge in [-0.15, -0.1) is 0 Å². The van der Waals surface area contributed by atoms with Crippen molar-refractivity contribution in [3.63, 3.8) is 0 Å². The number of rotatable bonds is 12. The summed E-state index contributed by atoms with van der Waals surface area (Å²) in [6.07, 6.45) is 15.8. The van der Waals surface area contributed by atoms with E-state index in [2.05, 4.69) is 28.5 Å². The summed E-state index contributed by atoms with van der Waals surface area (Å²) in [6, 6.07) is 9.28. The van der Waals surface area contributed by atoms with Crippen LogP contribution in [-0.4, -0.2) is 99.1 Å². The van der Waals surface area contributed by atoms with Gasteiger partial charge in [-0.05, 0) is 180 Å². The lowest BCUT2D eigenvalue weighted by Gasteiger charge is -2.50. The normalized spacial score (nSPS) is 35.0. The van der Waals surface area contributed by atoms with Crippen LogP contribution in [0.4, 0.5) is 0 Å². The summed E-state index contributed by atoms with van der Waals surface area (Å²) < 4.78 is 25.2. The Morgan fingerprint density at radius 2 is 1.71 bits per heavy atom. The maximum Gasteiger partial charge on any atom is 0.201 e. The second-order valence-electron chi connectivity index (χ2n) is 20.9. The number of H-pyrrole nitrogens is 1. The largest absolute Gasteiger partial charge is 0.504 e. The van der Waals surface area contributed by atoms with Gasteiger partial charge in [0.2, 0.25) is 5.75 Å². The van der Waals surface area contributed by atoms with Crippen molar-refractivity contribution in [2.75, 3.05) is 33.5 Å². The first kappa shape index (κ1) is 46.7. The first-order valence-electron chi connectivity index (χ1n) is 25.3. The quantitative estimate of drug-likeness (QED) is 0.0650. The van der Waals surface area contributed by atoms with Gasteiger partial charge in [0.25, 0.3) is 0 Å². The van der Waals surface area contributed by atoms with Gasteiger partial charge in [0.1, 0.15) is 5.75 Å². The van der Waals surface area contributed by atoms with Crippen molar-refractivity contribution in [1.82, 2.24) is 10.3 Å². The Hall–Kier alpha value is -3.36. The van der Waals surface area contributed by atoms with E-state index < -0.39 is 42.0 Å². The number of benzene rings is 2. The SMILES string of the molecule is CCOCCCN[C@H]1CC[C@H]2[C@H](CC[C@H]3[C@@H]2c2cc([C@H]4CC[C@H]5[C@H](C4)O[C@H](c4c(CO)c(O)c(O)c(OC)c4Cc4cc[nH]c4)C[C@@H]5O)ccc2OCC[C@@H]2CC[C@](O)(CC[C@H]3O)C2)C1. The third-order valence-electron chi connectivity index (χ3n) is 17.2. The molecule has 3 heterocycles. The summed E-state index contributed by atoms with van der Waals surface area (Å²) in [5.41, 5.74) is 4.04. The van der Waals surface area contributed by atoms with Crippen LogP contribution in [0.2, 0.25) is 0 Å². The maximum atomic E-state index is 12.3. The van der Waals surface area contributed by atoms with Crippen molar-refractivity contribution in [2.24, 2.45) is 29.6 Å². The zero-order valence-electron chi connectivity index (χ0n) is 38.8. The zero-order chi connectivity index (χ0) is 45.2. The number of hydrogen-bond acceptors (Lipinski definition) is 11. The highest BCUT2D eigenvalue weighted by Gasteiger charge is 2.49. The molecular formula is C53H76N2O10. The summed E-state index contributed by atoms with van der Waals surface area (Å²) in [6.45, 7) is 4.63. The lowest BCUT2D eigenvalue weighted by Crippen LogP contribution is -2.46. The molecule has 0 spiro atoms. The summed E-state index contributed by atoms with van der Waals surface area (Å²) in [5.74, 6) is 1.88. The van der Waals surface area contributed by atoms with Gasteiger partial charge in [-0.25, -0.2) is 0 Å². The van der Waals surface area contributed by atoms with Crippen LogP contribution in [0.25, 0.3) is 0 Å². The minimum atomic E-state index is -0.705. The van der Waals surface area contributed by atoms with Gasteiger partial charge in [-0.3, -0.25) is 0 Å². The predicted octanol–water partition coefficient (Wildman–Crippen LogP) is 8.04. The number of aromatic amines is 1. The molecule has 2 aliphatic heterocycles. The number of aromatic nitrogens is 1. The van der Waals surface area contributed by atoms with Crippen LogP contribution >= 0.6 is 0 Å². The number of aromatic hydroxyl groups is 2. The van der Waals surface area contributed by atoms with Crippen molar-refractivity contribution in [2.45, 2.75) is 171 Å². The summed E-state index contributed by atoms with van der Waals surface area (Å²) in [5, 5.41) is 72.6. The van der Waals surface area contributed by atoms with E-state index in [4.69, 9.17) is 18.9 Å². The Bertz CT molecular complexity index is 2040. The van der Waals surface area contributed by atoms with Gasteiger partial charge >= 0.3 is 0 Å². The molecule has 8 N–H and O–H groups in total. The standard InChI is InChI=1S/C53H76N2O10/c1-3-63-21-4-19-55-36-8-11-37-35(24-36)6-10-39-43(57)14-18-53(61)17-13-31(28-53)16-22-64-45-12-7-33(25-40(45)48(37)39)34-5-9-38-44(58)27-47(65-46(38)26-34)49-41(23-32-15-20-54-29-32)52(62-2)51(60)50(59)42(49)30-56/h7,12,15,20,25,29,31,34-39,43-44,46-48,54-61H,3-6,8-11,13-14,16-19,21-24,26-28,30H2,1-2H3/t31-,34-,35+,36-,37-,38+,39+,43+,44-,46-,47-,48+,53-/m0/s1. The molecule has 2 bridgehead atoms. The van der Waals surface area contributed by atoms with Crippen LogP contribution in [0, 0.1) is 29.6 Å². The zero-order valence-corrected chi connectivity index (χ0v) is 38.8. The number of phenolic OH excluding ortho intramolecular Hbond substituents is 1. The lowest BCUT2D eigenvalue weighted by molar-refractivity contribution is -0.154.